The highest BCUT2D eigenvalue weighted by Crippen LogP contribution is 2.13. The van der Waals surface area contributed by atoms with Crippen molar-refractivity contribution < 1.29 is 14.7 Å². The fourth-order valence-electron chi connectivity index (χ4n) is 1.77. The molecule has 3 heteroatoms. The van der Waals surface area contributed by atoms with E-state index in [1.54, 1.807) is 6.07 Å². The first kappa shape index (κ1) is 13.6. The Hall–Kier alpha value is -2.86. The van der Waals surface area contributed by atoms with Gasteiger partial charge in [0.1, 0.15) is 0 Å². The summed E-state index contributed by atoms with van der Waals surface area (Å²) in [5.74, 6) is 4.45. The number of ketones is 1. The molecule has 2 aromatic rings. The van der Waals surface area contributed by atoms with Crippen molar-refractivity contribution in [3.8, 4) is 11.8 Å². The van der Waals surface area contributed by atoms with Crippen LogP contribution in [0, 0.1) is 11.8 Å². The second-order valence-corrected chi connectivity index (χ2v) is 4.24. The molecule has 20 heavy (non-hydrogen) atoms. The van der Waals surface area contributed by atoms with Crippen LogP contribution in [0.1, 0.15) is 38.8 Å². The van der Waals surface area contributed by atoms with Crippen LogP contribution in [0.5, 0.6) is 0 Å². The quantitative estimate of drug-likeness (QED) is 0.670. The predicted octanol–water partition coefficient (Wildman–Crippen LogP) is 2.99. The monoisotopic (exact) mass is 264 g/mol. The largest absolute Gasteiger partial charge is 0.478 e. The number of carbonyl (C=O) groups is 2. The Morgan fingerprint density at radius 3 is 2.15 bits per heavy atom. The minimum Gasteiger partial charge on any atom is -0.478 e. The van der Waals surface area contributed by atoms with Crippen molar-refractivity contribution in [2.45, 2.75) is 6.92 Å². The molecule has 0 amide bonds. The average Bonchev–Trinajstić information content (AvgIpc) is 2.45. The molecule has 0 aliphatic heterocycles. The normalized spacial score (nSPS) is 9.45. The van der Waals surface area contributed by atoms with Crippen LogP contribution in [0.2, 0.25) is 0 Å². The third-order valence-electron chi connectivity index (χ3n) is 2.75. The Kier molecular flexibility index (Phi) is 3.97. The Bertz CT molecular complexity index is 719. The van der Waals surface area contributed by atoms with Gasteiger partial charge < -0.3 is 5.11 Å². The highest BCUT2D eigenvalue weighted by atomic mass is 16.4. The Labute approximate surface area is 116 Å². The van der Waals surface area contributed by atoms with E-state index >= 15 is 0 Å². The maximum Gasteiger partial charge on any atom is 0.336 e. The third kappa shape index (κ3) is 3.12. The lowest BCUT2D eigenvalue weighted by Gasteiger charge is -2.02. The summed E-state index contributed by atoms with van der Waals surface area (Å²) in [6.07, 6.45) is 0. The topological polar surface area (TPSA) is 54.4 Å². The lowest BCUT2D eigenvalue weighted by Crippen LogP contribution is -2.06. The molecule has 3 nitrogen and oxygen atoms in total. The van der Waals surface area contributed by atoms with E-state index in [2.05, 4.69) is 11.8 Å². The summed E-state index contributed by atoms with van der Waals surface area (Å²) in [6, 6.07) is 14.0. The fourth-order valence-corrected chi connectivity index (χ4v) is 1.77. The van der Waals surface area contributed by atoms with Gasteiger partial charge in [-0.05, 0) is 37.3 Å². The van der Waals surface area contributed by atoms with E-state index in [-0.39, 0.29) is 16.9 Å². The van der Waals surface area contributed by atoms with E-state index < -0.39 is 5.97 Å². The third-order valence-corrected chi connectivity index (χ3v) is 2.75. The van der Waals surface area contributed by atoms with Gasteiger partial charge in [-0.2, -0.15) is 0 Å². The zero-order chi connectivity index (χ0) is 14.5. The van der Waals surface area contributed by atoms with Crippen molar-refractivity contribution in [3.63, 3.8) is 0 Å². The van der Waals surface area contributed by atoms with Crippen LogP contribution in [-0.2, 0) is 0 Å². The first-order valence-electron chi connectivity index (χ1n) is 6.03. The minimum absolute atomic E-state index is 0.0163. The number of aromatic carboxylic acids is 1. The average molecular weight is 264 g/mol. The summed E-state index contributed by atoms with van der Waals surface area (Å²) >= 11 is 0. The van der Waals surface area contributed by atoms with Crippen molar-refractivity contribution in [1.29, 1.82) is 0 Å². The maximum atomic E-state index is 11.4. The summed E-state index contributed by atoms with van der Waals surface area (Å²) in [4.78, 5) is 22.5. The van der Waals surface area contributed by atoms with Crippen molar-refractivity contribution >= 4 is 11.8 Å². The van der Waals surface area contributed by atoms with Gasteiger partial charge in [-0.25, -0.2) is 4.79 Å². The summed E-state index contributed by atoms with van der Waals surface area (Å²) in [5, 5.41) is 9.12. The molecule has 2 rings (SSSR count). The van der Waals surface area contributed by atoms with E-state index in [1.807, 2.05) is 30.3 Å². The zero-order valence-corrected chi connectivity index (χ0v) is 10.9. The Morgan fingerprint density at radius 1 is 0.900 bits per heavy atom. The van der Waals surface area contributed by atoms with Crippen LogP contribution >= 0.6 is 0 Å². The van der Waals surface area contributed by atoms with Crippen LogP contribution in [0.25, 0.3) is 0 Å². The van der Waals surface area contributed by atoms with Gasteiger partial charge in [0.05, 0.1) is 5.56 Å². The second kappa shape index (κ2) is 5.85. The molecule has 1 N–H and O–H groups in total. The van der Waals surface area contributed by atoms with Crippen molar-refractivity contribution in [2.75, 3.05) is 0 Å². The molecular formula is C17H12O3. The highest BCUT2D eigenvalue weighted by molar-refractivity contribution is 6.05. The number of carbonyl (C=O) groups excluding carboxylic acids is 1. The first-order chi connectivity index (χ1) is 9.58. The number of carboxylic acid groups (broad SMARTS) is 1. The SMILES string of the molecule is CC(=O)c1ccc(C#Cc2ccccc2)cc1C(=O)O. The lowest BCUT2D eigenvalue weighted by atomic mass is 10.0. The second-order valence-electron chi connectivity index (χ2n) is 4.24. The van der Waals surface area contributed by atoms with Gasteiger partial charge in [-0.3, -0.25) is 4.79 Å². The van der Waals surface area contributed by atoms with Gasteiger partial charge in [-0.15, -0.1) is 0 Å². The highest BCUT2D eigenvalue weighted by Gasteiger charge is 2.13. The van der Waals surface area contributed by atoms with Crippen LogP contribution < -0.4 is 0 Å². The molecule has 0 spiro atoms. The minimum atomic E-state index is -1.13. The van der Waals surface area contributed by atoms with Crippen molar-refractivity contribution in [3.05, 3.63) is 70.8 Å². The van der Waals surface area contributed by atoms with Crippen LogP contribution in [0.15, 0.2) is 48.5 Å². The summed E-state index contributed by atoms with van der Waals surface area (Å²) in [5.41, 5.74) is 1.59. The van der Waals surface area contributed by atoms with E-state index in [0.717, 1.165) is 5.56 Å². The first-order valence-corrected chi connectivity index (χ1v) is 6.03. The van der Waals surface area contributed by atoms with Gasteiger partial charge in [0, 0.05) is 16.7 Å². The van der Waals surface area contributed by atoms with Crippen LogP contribution in [0.3, 0.4) is 0 Å². The zero-order valence-electron chi connectivity index (χ0n) is 10.9. The molecular weight excluding hydrogens is 252 g/mol. The molecule has 0 fully saturated rings. The smallest absolute Gasteiger partial charge is 0.336 e. The molecule has 0 radical (unpaired) electrons. The molecule has 2 aromatic carbocycles. The number of hydrogen-bond acceptors (Lipinski definition) is 2. The number of carboxylic acids is 1. The van der Waals surface area contributed by atoms with E-state index in [1.165, 1.54) is 19.1 Å². The molecule has 0 heterocycles. The van der Waals surface area contributed by atoms with E-state index in [9.17, 15) is 9.59 Å². The molecule has 0 bridgehead atoms. The fraction of sp³-hybridized carbons (Fsp3) is 0.0588. The standard InChI is InChI=1S/C17H12O3/c1-12(18)15-10-9-14(11-16(15)17(19)20)8-7-13-5-3-2-4-6-13/h2-6,9-11H,1H3,(H,19,20). The van der Waals surface area contributed by atoms with E-state index in [4.69, 9.17) is 5.11 Å². The molecule has 0 saturated heterocycles. The van der Waals surface area contributed by atoms with Gasteiger partial charge in [0.15, 0.2) is 5.78 Å². The summed E-state index contributed by atoms with van der Waals surface area (Å²) in [6.45, 7) is 1.34. The molecule has 0 aliphatic rings. The number of rotatable bonds is 2. The summed E-state index contributed by atoms with van der Waals surface area (Å²) < 4.78 is 0. The number of benzene rings is 2. The van der Waals surface area contributed by atoms with Gasteiger partial charge in [0.2, 0.25) is 0 Å². The lowest BCUT2D eigenvalue weighted by molar-refractivity contribution is 0.0692. The molecule has 0 atom stereocenters. The van der Waals surface area contributed by atoms with Gasteiger partial charge >= 0.3 is 5.97 Å². The summed E-state index contributed by atoms with van der Waals surface area (Å²) in [7, 11) is 0. The van der Waals surface area contributed by atoms with Gasteiger partial charge in [0.25, 0.3) is 0 Å². The van der Waals surface area contributed by atoms with Crippen LogP contribution in [-0.4, -0.2) is 16.9 Å². The molecule has 0 unspecified atom stereocenters. The predicted molar refractivity (Wildman–Crippen MR) is 75.8 cm³/mol. The van der Waals surface area contributed by atoms with Crippen molar-refractivity contribution in [1.82, 2.24) is 0 Å². The van der Waals surface area contributed by atoms with Crippen molar-refractivity contribution in [2.24, 2.45) is 0 Å². The van der Waals surface area contributed by atoms with E-state index in [0.29, 0.717) is 5.56 Å². The molecule has 0 aromatic heterocycles. The van der Waals surface area contributed by atoms with Crippen LogP contribution in [0.4, 0.5) is 0 Å². The Morgan fingerprint density at radius 2 is 1.55 bits per heavy atom. The number of hydrogen-bond donors (Lipinski definition) is 1. The number of Topliss-reactive ketones (excluding diaryl/α,β-unsaturated/α-hetero) is 1. The molecule has 0 saturated carbocycles. The molecule has 0 aliphatic carbocycles. The maximum absolute atomic E-state index is 11.4. The Balaban J connectivity index is 2.40. The molecule has 98 valence electrons. The van der Waals surface area contributed by atoms with Gasteiger partial charge in [-0.1, -0.05) is 30.0 Å².